The van der Waals surface area contributed by atoms with E-state index in [2.05, 4.69) is 19.9 Å². The normalized spacial score (nSPS) is 28.0. The van der Waals surface area contributed by atoms with E-state index in [0.717, 1.165) is 42.8 Å². The number of H-pyrrole nitrogens is 1. The van der Waals surface area contributed by atoms with Crippen LogP contribution in [0.25, 0.3) is 11.0 Å². The van der Waals surface area contributed by atoms with E-state index in [4.69, 9.17) is 4.74 Å². The molecule has 1 saturated carbocycles. The second-order valence-corrected chi connectivity index (χ2v) is 6.07. The Morgan fingerprint density at radius 1 is 1.38 bits per heavy atom. The summed E-state index contributed by atoms with van der Waals surface area (Å²) < 4.78 is 4.95. The molecule has 1 aliphatic heterocycles. The number of nitrogens with one attached hydrogen (secondary N) is 1. The quantitative estimate of drug-likeness (QED) is 0.849. The zero-order chi connectivity index (χ0) is 14.4. The van der Waals surface area contributed by atoms with Crippen LogP contribution < -0.4 is 4.90 Å². The number of methoxy groups -OCH3 is 1. The van der Waals surface area contributed by atoms with Crippen molar-refractivity contribution in [3.63, 3.8) is 0 Å². The molecule has 6 nitrogen and oxygen atoms in total. The molecule has 0 amide bonds. The van der Waals surface area contributed by atoms with Crippen LogP contribution in [0.1, 0.15) is 12.8 Å². The van der Waals surface area contributed by atoms with Crippen molar-refractivity contribution in [3.05, 3.63) is 18.6 Å². The Hall–Kier alpha value is -2.11. The Morgan fingerprint density at radius 3 is 3.14 bits per heavy atom. The van der Waals surface area contributed by atoms with Gasteiger partial charge >= 0.3 is 5.97 Å². The Morgan fingerprint density at radius 2 is 2.29 bits per heavy atom. The maximum absolute atomic E-state index is 11.9. The highest BCUT2D eigenvalue weighted by Crippen LogP contribution is 2.43. The first-order chi connectivity index (χ1) is 10.3. The maximum Gasteiger partial charge on any atom is 0.309 e. The number of esters is 1. The lowest BCUT2D eigenvalue weighted by Gasteiger charge is -2.33. The van der Waals surface area contributed by atoms with Crippen LogP contribution in [-0.4, -0.2) is 41.1 Å². The summed E-state index contributed by atoms with van der Waals surface area (Å²) in [4.78, 5) is 26.0. The smallest absolute Gasteiger partial charge is 0.309 e. The number of rotatable bonds is 2. The first-order valence-electron chi connectivity index (χ1n) is 7.37. The van der Waals surface area contributed by atoms with Crippen LogP contribution >= 0.6 is 0 Å². The lowest BCUT2D eigenvalue weighted by molar-refractivity contribution is -0.146. The largest absolute Gasteiger partial charge is 0.469 e. The summed E-state index contributed by atoms with van der Waals surface area (Å²) in [7, 11) is 1.48. The molecule has 110 valence electrons. The number of carbonyl (C=O) groups excluding carboxylic acids is 1. The fourth-order valence-electron chi connectivity index (χ4n) is 3.98. The van der Waals surface area contributed by atoms with Gasteiger partial charge < -0.3 is 14.6 Å². The summed E-state index contributed by atoms with van der Waals surface area (Å²) in [5, 5.41) is 1.05. The Balaban J connectivity index is 1.64. The van der Waals surface area contributed by atoms with E-state index in [-0.39, 0.29) is 11.9 Å². The molecule has 0 aromatic carbocycles. The molecule has 1 saturated heterocycles. The van der Waals surface area contributed by atoms with Gasteiger partial charge in [0.25, 0.3) is 0 Å². The van der Waals surface area contributed by atoms with Gasteiger partial charge in [-0.1, -0.05) is 0 Å². The summed E-state index contributed by atoms with van der Waals surface area (Å²) in [5.74, 6) is 1.89. The molecule has 3 atom stereocenters. The third-order valence-electron chi connectivity index (χ3n) is 4.86. The molecule has 2 aromatic rings. The number of fused-ring (bicyclic) bond motifs is 3. The maximum atomic E-state index is 11.9. The molecule has 2 fully saturated rings. The van der Waals surface area contributed by atoms with E-state index in [9.17, 15) is 4.79 Å². The molecule has 2 bridgehead atoms. The van der Waals surface area contributed by atoms with Crippen molar-refractivity contribution in [2.45, 2.75) is 12.8 Å². The second-order valence-electron chi connectivity index (χ2n) is 6.07. The topological polar surface area (TPSA) is 71.1 Å². The number of hydrogen-bond donors (Lipinski definition) is 1. The Bertz CT molecular complexity index is 683. The van der Waals surface area contributed by atoms with Gasteiger partial charge in [-0.3, -0.25) is 4.79 Å². The highest BCUT2D eigenvalue weighted by molar-refractivity contribution is 5.87. The third-order valence-corrected chi connectivity index (χ3v) is 4.86. The van der Waals surface area contributed by atoms with Crippen LogP contribution in [0.3, 0.4) is 0 Å². The second kappa shape index (κ2) is 4.72. The summed E-state index contributed by atoms with van der Waals surface area (Å²) >= 11 is 0. The van der Waals surface area contributed by atoms with E-state index in [1.165, 1.54) is 7.11 Å². The van der Waals surface area contributed by atoms with Gasteiger partial charge in [0, 0.05) is 19.3 Å². The predicted molar refractivity (Wildman–Crippen MR) is 77.8 cm³/mol. The zero-order valence-electron chi connectivity index (χ0n) is 12.0. The van der Waals surface area contributed by atoms with Crippen LogP contribution in [0.15, 0.2) is 18.6 Å². The average Bonchev–Trinajstić information content (AvgIpc) is 3.10. The molecule has 3 heterocycles. The third kappa shape index (κ3) is 1.97. The Kier molecular flexibility index (Phi) is 2.83. The van der Waals surface area contributed by atoms with E-state index in [1.54, 1.807) is 6.33 Å². The lowest BCUT2D eigenvalue weighted by atomic mass is 9.94. The molecule has 2 aliphatic rings. The van der Waals surface area contributed by atoms with Crippen molar-refractivity contribution in [2.75, 3.05) is 25.1 Å². The fourth-order valence-corrected chi connectivity index (χ4v) is 3.98. The number of ether oxygens (including phenoxy) is 1. The average molecular weight is 286 g/mol. The molecule has 21 heavy (non-hydrogen) atoms. The van der Waals surface area contributed by atoms with Crippen LogP contribution in [0, 0.1) is 17.8 Å². The van der Waals surface area contributed by atoms with Gasteiger partial charge in [0.05, 0.1) is 18.4 Å². The summed E-state index contributed by atoms with van der Waals surface area (Å²) in [6.07, 6.45) is 5.55. The molecule has 0 spiro atoms. The molecular weight excluding hydrogens is 268 g/mol. The van der Waals surface area contributed by atoms with Gasteiger partial charge in [0.15, 0.2) is 0 Å². The molecule has 6 heteroatoms. The summed E-state index contributed by atoms with van der Waals surface area (Å²) in [5.41, 5.74) is 0.863. The minimum atomic E-state index is -0.0566. The van der Waals surface area contributed by atoms with Crippen LogP contribution in [-0.2, 0) is 9.53 Å². The van der Waals surface area contributed by atoms with Crippen LogP contribution in [0.4, 0.5) is 5.82 Å². The van der Waals surface area contributed by atoms with E-state index >= 15 is 0 Å². The van der Waals surface area contributed by atoms with Crippen molar-refractivity contribution >= 4 is 22.8 Å². The lowest BCUT2D eigenvalue weighted by Crippen LogP contribution is -2.38. The number of anilines is 1. The summed E-state index contributed by atoms with van der Waals surface area (Å²) in [6, 6.07) is 2.01. The minimum absolute atomic E-state index is 0.0496. The number of piperidine rings is 1. The fraction of sp³-hybridized carbons (Fsp3) is 0.533. The predicted octanol–water partition coefficient (Wildman–Crippen LogP) is 1.59. The van der Waals surface area contributed by atoms with Crippen molar-refractivity contribution in [1.29, 1.82) is 0 Å². The monoisotopic (exact) mass is 286 g/mol. The van der Waals surface area contributed by atoms with Crippen LogP contribution in [0.2, 0.25) is 0 Å². The molecule has 1 N–H and O–H groups in total. The van der Waals surface area contributed by atoms with E-state index < -0.39 is 0 Å². The number of hydrogen-bond acceptors (Lipinski definition) is 5. The van der Waals surface area contributed by atoms with Gasteiger partial charge in [-0.05, 0) is 30.7 Å². The zero-order valence-corrected chi connectivity index (χ0v) is 12.0. The first-order valence-corrected chi connectivity index (χ1v) is 7.37. The number of nitrogens with zero attached hydrogens (tertiary/aromatic N) is 3. The molecular formula is C15H18N4O2. The molecule has 3 unspecified atom stereocenters. The van der Waals surface area contributed by atoms with Crippen molar-refractivity contribution in [1.82, 2.24) is 15.0 Å². The van der Waals surface area contributed by atoms with E-state index in [0.29, 0.717) is 11.8 Å². The number of aromatic nitrogens is 3. The van der Waals surface area contributed by atoms with Crippen molar-refractivity contribution in [3.8, 4) is 0 Å². The highest BCUT2D eigenvalue weighted by atomic mass is 16.5. The van der Waals surface area contributed by atoms with Crippen molar-refractivity contribution < 1.29 is 9.53 Å². The highest BCUT2D eigenvalue weighted by Gasteiger charge is 2.44. The van der Waals surface area contributed by atoms with E-state index in [1.807, 2.05) is 12.3 Å². The molecule has 0 radical (unpaired) electrons. The number of carbonyl (C=O) groups is 1. The molecule has 1 aliphatic carbocycles. The Labute approximate surface area is 122 Å². The SMILES string of the molecule is COC(=O)C1CC2CC1CN(c1ncnc3[nH]ccc13)C2. The first kappa shape index (κ1) is 12.6. The standard InChI is InChI=1S/C15H18N4O2/c1-21-15(20)12-5-9-4-10(12)7-19(6-9)14-11-2-3-16-13(11)17-8-18-14/h2-3,8-10,12H,4-7H2,1H3,(H,16,17,18). The minimum Gasteiger partial charge on any atom is -0.469 e. The summed E-state index contributed by atoms with van der Waals surface area (Å²) in [6.45, 7) is 1.83. The number of aromatic amines is 1. The molecule has 2 aromatic heterocycles. The van der Waals surface area contributed by atoms with Gasteiger partial charge in [-0.25, -0.2) is 9.97 Å². The van der Waals surface area contributed by atoms with Gasteiger partial charge in [-0.15, -0.1) is 0 Å². The molecule has 4 rings (SSSR count). The van der Waals surface area contributed by atoms with Gasteiger partial charge in [-0.2, -0.15) is 0 Å². The van der Waals surface area contributed by atoms with Gasteiger partial charge in [0.1, 0.15) is 17.8 Å². The van der Waals surface area contributed by atoms with Crippen LogP contribution in [0.5, 0.6) is 0 Å². The van der Waals surface area contributed by atoms with Gasteiger partial charge in [0.2, 0.25) is 0 Å². The van der Waals surface area contributed by atoms with Crippen molar-refractivity contribution in [2.24, 2.45) is 17.8 Å².